The lowest BCUT2D eigenvalue weighted by Crippen LogP contribution is -2.46. The number of amides is 1. The Morgan fingerprint density at radius 3 is 2.25 bits per heavy atom. The highest BCUT2D eigenvalue weighted by Crippen LogP contribution is 2.28. The van der Waals surface area contributed by atoms with Crippen molar-refractivity contribution in [3.63, 3.8) is 0 Å². The molecule has 0 radical (unpaired) electrons. The molecule has 1 atom stereocenters. The van der Waals surface area contributed by atoms with E-state index in [9.17, 15) is 9.59 Å². The maximum absolute atomic E-state index is 12.4. The molecular formula is C20H31NO3. The van der Waals surface area contributed by atoms with Crippen LogP contribution in [0.1, 0.15) is 52.0 Å². The molecule has 0 aliphatic heterocycles. The highest BCUT2D eigenvalue weighted by Gasteiger charge is 2.28. The van der Waals surface area contributed by atoms with Gasteiger partial charge in [-0.15, -0.1) is 0 Å². The molecule has 1 fully saturated rings. The SMILES string of the molecule is CC.COC(=O)[C@H](Cc1ccccc1)NC(=O)C1CCC(C)CC1. The summed E-state index contributed by atoms with van der Waals surface area (Å²) in [5.74, 6) is 0.323. The molecule has 1 amide bonds. The summed E-state index contributed by atoms with van der Waals surface area (Å²) in [5, 5.41) is 2.89. The van der Waals surface area contributed by atoms with Crippen molar-refractivity contribution < 1.29 is 14.3 Å². The van der Waals surface area contributed by atoms with Gasteiger partial charge in [-0.1, -0.05) is 51.1 Å². The van der Waals surface area contributed by atoms with Crippen molar-refractivity contribution in [2.24, 2.45) is 11.8 Å². The summed E-state index contributed by atoms with van der Waals surface area (Å²) in [4.78, 5) is 24.4. The largest absolute Gasteiger partial charge is 0.467 e. The van der Waals surface area contributed by atoms with Crippen LogP contribution in [0.15, 0.2) is 30.3 Å². The molecule has 2 rings (SSSR count). The van der Waals surface area contributed by atoms with Gasteiger partial charge in [-0.3, -0.25) is 4.79 Å². The lowest BCUT2D eigenvalue weighted by Gasteiger charge is -2.27. The summed E-state index contributed by atoms with van der Waals surface area (Å²) in [6.07, 6.45) is 4.44. The molecule has 0 saturated heterocycles. The molecular weight excluding hydrogens is 302 g/mol. The standard InChI is InChI=1S/C18H25NO3.C2H6/c1-13-8-10-15(11-9-13)17(20)19-16(18(21)22-2)12-14-6-4-3-5-7-14;1-2/h3-7,13,15-16H,8-12H2,1-2H3,(H,19,20);1-2H3/t13?,15?,16-;/m0./s1. The van der Waals surface area contributed by atoms with Gasteiger partial charge in [0.05, 0.1) is 7.11 Å². The van der Waals surface area contributed by atoms with Crippen molar-refractivity contribution in [3.8, 4) is 0 Å². The molecule has 134 valence electrons. The van der Waals surface area contributed by atoms with Crippen LogP contribution in [0.2, 0.25) is 0 Å². The van der Waals surface area contributed by atoms with Crippen LogP contribution in [0.25, 0.3) is 0 Å². The fourth-order valence-electron chi connectivity index (χ4n) is 3.00. The first-order valence-electron chi connectivity index (χ1n) is 9.02. The number of carbonyl (C=O) groups is 2. The van der Waals surface area contributed by atoms with E-state index in [0.717, 1.165) is 31.2 Å². The summed E-state index contributed by atoms with van der Waals surface area (Å²) < 4.78 is 4.84. The quantitative estimate of drug-likeness (QED) is 0.835. The van der Waals surface area contributed by atoms with Crippen molar-refractivity contribution in [1.82, 2.24) is 5.32 Å². The van der Waals surface area contributed by atoms with Gasteiger partial charge in [0.25, 0.3) is 0 Å². The summed E-state index contributed by atoms with van der Waals surface area (Å²) >= 11 is 0. The molecule has 0 heterocycles. The first-order chi connectivity index (χ1) is 11.6. The van der Waals surface area contributed by atoms with Crippen LogP contribution in [0.5, 0.6) is 0 Å². The molecule has 0 bridgehead atoms. The van der Waals surface area contributed by atoms with Crippen LogP contribution >= 0.6 is 0 Å². The van der Waals surface area contributed by atoms with Crippen LogP contribution in [0.3, 0.4) is 0 Å². The average Bonchev–Trinajstić information content (AvgIpc) is 2.63. The number of nitrogens with one attached hydrogen (secondary N) is 1. The minimum atomic E-state index is -0.612. The van der Waals surface area contributed by atoms with E-state index in [-0.39, 0.29) is 17.8 Å². The number of benzene rings is 1. The van der Waals surface area contributed by atoms with E-state index < -0.39 is 6.04 Å². The maximum atomic E-state index is 12.4. The van der Waals surface area contributed by atoms with E-state index in [4.69, 9.17) is 4.74 Å². The van der Waals surface area contributed by atoms with E-state index >= 15 is 0 Å². The Bertz CT molecular complexity index is 493. The molecule has 0 spiro atoms. The molecule has 1 aliphatic carbocycles. The number of esters is 1. The van der Waals surface area contributed by atoms with Crippen LogP contribution < -0.4 is 5.32 Å². The second kappa shape index (κ2) is 10.8. The highest BCUT2D eigenvalue weighted by atomic mass is 16.5. The molecule has 4 nitrogen and oxygen atoms in total. The number of methoxy groups -OCH3 is 1. The Labute approximate surface area is 146 Å². The number of hydrogen-bond donors (Lipinski definition) is 1. The Balaban J connectivity index is 0.00000139. The fourth-order valence-corrected chi connectivity index (χ4v) is 3.00. The third-order valence-corrected chi connectivity index (χ3v) is 4.47. The van der Waals surface area contributed by atoms with E-state index in [2.05, 4.69) is 12.2 Å². The maximum Gasteiger partial charge on any atom is 0.328 e. The second-order valence-electron chi connectivity index (χ2n) is 6.23. The smallest absolute Gasteiger partial charge is 0.328 e. The van der Waals surface area contributed by atoms with Crippen LogP contribution in [-0.4, -0.2) is 25.0 Å². The molecule has 1 aromatic carbocycles. The van der Waals surface area contributed by atoms with Crippen molar-refractivity contribution in [2.75, 3.05) is 7.11 Å². The van der Waals surface area contributed by atoms with Crippen molar-refractivity contribution >= 4 is 11.9 Å². The van der Waals surface area contributed by atoms with Gasteiger partial charge in [0.2, 0.25) is 5.91 Å². The zero-order valence-electron chi connectivity index (χ0n) is 15.4. The minimum Gasteiger partial charge on any atom is -0.467 e. The fraction of sp³-hybridized carbons (Fsp3) is 0.600. The van der Waals surface area contributed by atoms with E-state index in [1.54, 1.807) is 0 Å². The van der Waals surface area contributed by atoms with E-state index in [1.807, 2.05) is 44.2 Å². The Hall–Kier alpha value is -1.84. The van der Waals surface area contributed by atoms with Gasteiger partial charge < -0.3 is 10.1 Å². The summed E-state index contributed by atoms with van der Waals surface area (Å²) in [6.45, 7) is 6.22. The van der Waals surface area contributed by atoms with Gasteiger partial charge in [0, 0.05) is 12.3 Å². The van der Waals surface area contributed by atoms with Crippen molar-refractivity contribution in [2.45, 2.75) is 58.9 Å². The summed E-state index contributed by atoms with van der Waals surface area (Å²) in [7, 11) is 1.36. The second-order valence-corrected chi connectivity index (χ2v) is 6.23. The number of rotatable bonds is 5. The molecule has 4 heteroatoms. The summed E-state index contributed by atoms with van der Waals surface area (Å²) in [5.41, 5.74) is 1.01. The monoisotopic (exact) mass is 333 g/mol. The topological polar surface area (TPSA) is 55.4 Å². The predicted molar refractivity (Wildman–Crippen MR) is 96.6 cm³/mol. The van der Waals surface area contributed by atoms with Crippen LogP contribution in [-0.2, 0) is 20.7 Å². The normalized spacial score (nSPS) is 21.0. The molecule has 0 aromatic heterocycles. The lowest BCUT2D eigenvalue weighted by atomic mass is 9.82. The molecule has 1 aliphatic rings. The third-order valence-electron chi connectivity index (χ3n) is 4.47. The first kappa shape index (κ1) is 20.2. The molecule has 1 saturated carbocycles. The molecule has 24 heavy (non-hydrogen) atoms. The van der Waals surface area contributed by atoms with Gasteiger partial charge in [-0.25, -0.2) is 4.79 Å². The number of hydrogen-bond acceptors (Lipinski definition) is 3. The van der Waals surface area contributed by atoms with E-state index in [0.29, 0.717) is 12.3 Å². The van der Waals surface area contributed by atoms with Crippen molar-refractivity contribution in [3.05, 3.63) is 35.9 Å². The molecule has 1 N–H and O–H groups in total. The van der Waals surface area contributed by atoms with Gasteiger partial charge in [0.15, 0.2) is 0 Å². The lowest BCUT2D eigenvalue weighted by molar-refractivity contribution is -0.145. The van der Waals surface area contributed by atoms with E-state index in [1.165, 1.54) is 7.11 Å². The number of carbonyl (C=O) groups excluding carboxylic acids is 2. The first-order valence-corrected chi connectivity index (χ1v) is 9.02. The van der Waals surface area contributed by atoms with Crippen molar-refractivity contribution in [1.29, 1.82) is 0 Å². The zero-order valence-corrected chi connectivity index (χ0v) is 15.4. The molecule has 0 unspecified atom stereocenters. The zero-order chi connectivity index (χ0) is 17.9. The average molecular weight is 333 g/mol. The Kier molecular flexibility index (Phi) is 9.13. The van der Waals surface area contributed by atoms with Gasteiger partial charge in [-0.05, 0) is 37.2 Å². The Morgan fingerprint density at radius 2 is 1.71 bits per heavy atom. The summed E-state index contributed by atoms with van der Waals surface area (Å²) in [6, 6.07) is 9.06. The highest BCUT2D eigenvalue weighted by molar-refractivity contribution is 5.86. The molecule has 1 aromatic rings. The Morgan fingerprint density at radius 1 is 1.12 bits per heavy atom. The number of ether oxygens (including phenoxy) is 1. The van der Waals surface area contributed by atoms with Gasteiger partial charge in [-0.2, -0.15) is 0 Å². The van der Waals surface area contributed by atoms with Gasteiger partial charge in [0.1, 0.15) is 6.04 Å². The van der Waals surface area contributed by atoms with Crippen LogP contribution in [0.4, 0.5) is 0 Å². The predicted octanol–water partition coefficient (Wildman–Crippen LogP) is 3.74. The van der Waals surface area contributed by atoms with Crippen LogP contribution in [0, 0.1) is 11.8 Å². The third kappa shape index (κ3) is 6.34. The van der Waals surface area contributed by atoms with Gasteiger partial charge >= 0.3 is 5.97 Å². The minimum absolute atomic E-state index is 0.0155.